The average molecular weight is 493 g/mol. The Labute approximate surface area is 213 Å². The van der Waals surface area contributed by atoms with Gasteiger partial charge in [0.2, 0.25) is 17.7 Å². The molecule has 9 heteroatoms. The lowest BCUT2D eigenvalue weighted by Gasteiger charge is -2.22. The van der Waals surface area contributed by atoms with E-state index in [1.807, 2.05) is 42.5 Å². The number of methoxy groups -OCH3 is 1. The Morgan fingerprint density at radius 2 is 1.84 bits per heavy atom. The molecule has 9 nitrogen and oxygen atoms in total. The first-order chi connectivity index (χ1) is 18.1. The highest BCUT2D eigenvalue weighted by Crippen LogP contribution is 2.36. The van der Waals surface area contributed by atoms with E-state index in [1.165, 1.54) is 0 Å². The Morgan fingerprint density at radius 3 is 2.62 bits per heavy atom. The van der Waals surface area contributed by atoms with Crippen molar-refractivity contribution in [2.24, 2.45) is 5.92 Å². The van der Waals surface area contributed by atoms with Crippen molar-refractivity contribution in [1.29, 1.82) is 0 Å². The van der Waals surface area contributed by atoms with Crippen LogP contribution in [0.5, 0.6) is 5.88 Å². The van der Waals surface area contributed by atoms with Crippen LogP contribution in [0, 0.1) is 5.92 Å². The van der Waals surface area contributed by atoms with Crippen molar-refractivity contribution in [1.82, 2.24) is 19.9 Å². The monoisotopic (exact) mass is 492 g/mol. The molecule has 37 heavy (non-hydrogen) atoms. The van der Waals surface area contributed by atoms with E-state index in [2.05, 4.69) is 25.3 Å². The zero-order chi connectivity index (χ0) is 25.4. The smallest absolute Gasteiger partial charge is 0.276 e. The molecule has 0 unspecified atom stereocenters. The summed E-state index contributed by atoms with van der Waals surface area (Å²) in [6.45, 7) is 0.440. The quantitative estimate of drug-likeness (QED) is 0.445. The highest BCUT2D eigenvalue weighted by atomic mass is 16.5. The second kappa shape index (κ2) is 9.42. The third kappa shape index (κ3) is 4.51. The number of nitrogens with one attached hydrogen (secondary N) is 1. The third-order valence-corrected chi connectivity index (χ3v) is 6.56. The van der Waals surface area contributed by atoms with E-state index in [4.69, 9.17) is 4.74 Å². The molecule has 0 radical (unpaired) electrons. The number of aromatic nitrogens is 4. The Kier molecular flexibility index (Phi) is 5.80. The number of carbonyl (C=O) groups excluding carboxylic acids is 2. The molecule has 1 aromatic carbocycles. The minimum atomic E-state index is -0.209. The number of hydrogen-bond donors (Lipinski definition) is 1. The van der Waals surface area contributed by atoms with E-state index in [0.29, 0.717) is 30.2 Å². The van der Waals surface area contributed by atoms with E-state index >= 15 is 0 Å². The summed E-state index contributed by atoms with van der Waals surface area (Å²) in [5.41, 5.74) is 4.95. The SMILES string of the molecule is COc1ccc(-c2cccc(C(=O)N3CCc4cnc(NC(=O)C5CC5)nc4-c4ccccc43)n2)cn1. The highest BCUT2D eigenvalue weighted by molar-refractivity contribution is 6.07. The molecule has 6 rings (SSSR count). The first-order valence-electron chi connectivity index (χ1n) is 12.2. The summed E-state index contributed by atoms with van der Waals surface area (Å²) < 4.78 is 5.13. The summed E-state index contributed by atoms with van der Waals surface area (Å²) in [6.07, 6.45) is 5.78. The number of nitrogens with zero attached hydrogens (tertiary/aromatic N) is 5. The molecule has 4 aromatic rings. The number of pyridine rings is 2. The molecule has 1 aliphatic carbocycles. The molecule has 0 bridgehead atoms. The highest BCUT2D eigenvalue weighted by Gasteiger charge is 2.31. The summed E-state index contributed by atoms with van der Waals surface area (Å²) >= 11 is 0. The summed E-state index contributed by atoms with van der Waals surface area (Å²) in [6, 6.07) is 16.7. The minimum Gasteiger partial charge on any atom is -0.481 e. The van der Waals surface area contributed by atoms with Gasteiger partial charge < -0.3 is 9.64 Å². The summed E-state index contributed by atoms with van der Waals surface area (Å²) in [5, 5.41) is 2.83. The van der Waals surface area contributed by atoms with E-state index in [9.17, 15) is 9.59 Å². The third-order valence-electron chi connectivity index (χ3n) is 6.56. The minimum absolute atomic E-state index is 0.0447. The largest absolute Gasteiger partial charge is 0.481 e. The van der Waals surface area contributed by atoms with Crippen molar-refractivity contribution >= 4 is 23.5 Å². The van der Waals surface area contributed by atoms with Gasteiger partial charge in [-0.05, 0) is 49.1 Å². The van der Waals surface area contributed by atoms with Gasteiger partial charge in [0.25, 0.3) is 5.91 Å². The van der Waals surface area contributed by atoms with Gasteiger partial charge in [-0.2, -0.15) is 0 Å². The Bertz CT molecular complexity index is 1500. The van der Waals surface area contributed by atoms with Crippen LogP contribution in [-0.2, 0) is 11.2 Å². The van der Waals surface area contributed by atoms with Crippen LogP contribution in [0.2, 0.25) is 0 Å². The van der Waals surface area contributed by atoms with Crippen LogP contribution in [0.3, 0.4) is 0 Å². The van der Waals surface area contributed by atoms with Crippen LogP contribution < -0.4 is 15.0 Å². The molecule has 184 valence electrons. The fourth-order valence-electron chi connectivity index (χ4n) is 4.42. The molecule has 1 aliphatic heterocycles. The fourth-order valence-corrected chi connectivity index (χ4v) is 4.42. The molecule has 0 saturated heterocycles. The molecule has 3 aromatic heterocycles. The van der Waals surface area contributed by atoms with Crippen molar-refractivity contribution in [2.75, 3.05) is 23.9 Å². The van der Waals surface area contributed by atoms with Crippen molar-refractivity contribution < 1.29 is 14.3 Å². The standard InChI is InChI=1S/C28H24N6O3/c1-37-24-12-11-18(15-29-24)21-6-4-7-22(31-21)27(36)34-14-13-19-16-30-28(33-26(35)17-9-10-17)32-25(19)20-5-2-3-8-23(20)34/h2-8,11-12,15-17H,9-10,13-14H2,1H3,(H,30,32,33,35). The van der Waals surface area contributed by atoms with Gasteiger partial charge in [-0.15, -0.1) is 0 Å². The van der Waals surface area contributed by atoms with Gasteiger partial charge in [-0.1, -0.05) is 24.3 Å². The normalized spacial score (nSPS) is 14.2. The molecule has 1 N–H and O–H groups in total. The topological polar surface area (TPSA) is 110 Å². The van der Waals surface area contributed by atoms with E-state index in [-0.39, 0.29) is 23.7 Å². The molecular weight excluding hydrogens is 468 g/mol. The predicted octanol–water partition coefficient (Wildman–Crippen LogP) is 4.16. The average Bonchev–Trinajstić information content (AvgIpc) is 3.81. The molecule has 2 amide bonds. The van der Waals surface area contributed by atoms with Gasteiger partial charge in [0.05, 0.1) is 24.2 Å². The number of hydrogen-bond acceptors (Lipinski definition) is 7. The molecule has 1 saturated carbocycles. The number of ether oxygens (including phenoxy) is 1. The van der Waals surface area contributed by atoms with Crippen molar-refractivity contribution in [3.8, 4) is 28.4 Å². The second-order valence-corrected chi connectivity index (χ2v) is 9.05. The number of para-hydroxylation sites is 1. The number of fused-ring (bicyclic) bond motifs is 3. The zero-order valence-electron chi connectivity index (χ0n) is 20.2. The predicted molar refractivity (Wildman–Crippen MR) is 138 cm³/mol. The number of anilines is 2. The number of benzene rings is 1. The van der Waals surface area contributed by atoms with E-state index in [0.717, 1.165) is 40.9 Å². The molecule has 2 aliphatic rings. The Balaban J connectivity index is 1.33. The second-order valence-electron chi connectivity index (χ2n) is 9.05. The van der Waals surface area contributed by atoms with Gasteiger partial charge in [0, 0.05) is 42.0 Å². The fraction of sp³-hybridized carbons (Fsp3) is 0.214. The summed E-state index contributed by atoms with van der Waals surface area (Å²) in [7, 11) is 1.56. The number of rotatable bonds is 5. The molecular formula is C28H24N6O3. The lowest BCUT2D eigenvalue weighted by atomic mass is 10.1. The van der Waals surface area contributed by atoms with Crippen LogP contribution in [0.15, 0.2) is 67.0 Å². The maximum atomic E-state index is 13.8. The maximum absolute atomic E-state index is 13.8. The summed E-state index contributed by atoms with van der Waals surface area (Å²) in [4.78, 5) is 45.7. The van der Waals surface area contributed by atoms with Gasteiger partial charge in [0.15, 0.2) is 0 Å². The van der Waals surface area contributed by atoms with Gasteiger partial charge in [0.1, 0.15) is 5.69 Å². The van der Waals surface area contributed by atoms with Crippen molar-refractivity contribution in [2.45, 2.75) is 19.3 Å². The maximum Gasteiger partial charge on any atom is 0.276 e. The zero-order valence-corrected chi connectivity index (χ0v) is 20.2. The number of carbonyl (C=O) groups is 2. The summed E-state index contributed by atoms with van der Waals surface area (Å²) in [5.74, 6) is 0.595. The van der Waals surface area contributed by atoms with Crippen molar-refractivity contribution in [3.05, 3.63) is 78.2 Å². The lowest BCUT2D eigenvalue weighted by Crippen LogP contribution is -2.33. The first-order valence-corrected chi connectivity index (χ1v) is 12.2. The van der Waals surface area contributed by atoms with Crippen LogP contribution in [-0.4, -0.2) is 45.4 Å². The van der Waals surface area contributed by atoms with Gasteiger partial charge in [-0.25, -0.2) is 19.9 Å². The van der Waals surface area contributed by atoms with Crippen LogP contribution in [0.1, 0.15) is 28.9 Å². The van der Waals surface area contributed by atoms with Crippen LogP contribution in [0.25, 0.3) is 22.5 Å². The Hall–Kier alpha value is -4.66. The van der Waals surface area contributed by atoms with Crippen LogP contribution in [0.4, 0.5) is 11.6 Å². The van der Waals surface area contributed by atoms with E-state index in [1.54, 1.807) is 36.5 Å². The van der Waals surface area contributed by atoms with Gasteiger partial charge >= 0.3 is 0 Å². The van der Waals surface area contributed by atoms with Crippen molar-refractivity contribution in [3.63, 3.8) is 0 Å². The molecule has 0 atom stereocenters. The molecule has 1 fully saturated rings. The lowest BCUT2D eigenvalue weighted by molar-refractivity contribution is -0.117. The molecule has 4 heterocycles. The number of amides is 2. The molecule has 0 spiro atoms. The van der Waals surface area contributed by atoms with Gasteiger partial charge in [-0.3, -0.25) is 14.9 Å². The first kappa shape index (κ1) is 22.8. The van der Waals surface area contributed by atoms with Crippen LogP contribution >= 0.6 is 0 Å². The Morgan fingerprint density at radius 1 is 0.973 bits per heavy atom. The van der Waals surface area contributed by atoms with E-state index < -0.39 is 0 Å².